The summed E-state index contributed by atoms with van der Waals surface area (Å²) in [5, 5.41) is 0.834. The van der Waals surface area contributed by atoms with Gasteiger partial charge in [-0.15, -0.1) is 0 Å². The standard InChI is InChI=1S/C24H26N2O4/c1-3-19-22(18-14-17(29-2)11-12-20(18)25-19)23(27)21-10-7-13-26(21)24(28)30-15-16-8-5-4-6-9-16/h4-6,8-9,11-12,14,21,25H,3,7,10,13,15H2,1-2H3/t21-/m1/s1. The summed E-state index contributed by atoms with van der Waals surface area (Å²) in [6.07, 6.45) is 1.68. The van der Waals surface area contributed by atoms with E-state index in [4.69, 9.17) is 9.47 Å². The maximum atomic E-state index is 13.6. The first-order valence-corrected chi connectivity index (χ1v) is 10.3. The minimum atomic E-state index is -0.510. The molecule has 1 aliphatic heterocycles. The van der Waals surface area contributed by atoms with E-state index in [-0.39, 0.29) is 12.4 Å². The normalized spacial score (nSPS) is 16.1. The van der Waals surface area contributed by atoms with E-state index >= 15 is 0 Å². The number of hydrogen-bond donors (Lipinski definition) is 1. The van der Waals surface area contributed by atoms with E-state index in [1.165, 1.54) is 0 Å². The summed E-state index contributed by atoms with van der Waals surface area (Å²) in [4.78, 5) is 31.2. The number of likely N-dealkylation sites (tertiary alicyclic amines) is 1. The molecule has 0 radical (unpaired) electrons. The maximum Gasteiger partial charge on any atom is 0.410 e. The van der Waals surface area contributed by atoms with Crippen LogP contribution in [0.4, 0.5) is 4.79 Å². The predicted octanol–water partition coefficient (Wildman–Crippen LogP) is 4.72. The Morgan fingerprint density at radius 1 is 1.17 bits per heavy atom. The van der Waals surface area contributed by atoms with Gasteiger partial charge in [-0.1, -0.05) is 37.3 Å². The third kappa shape index (κ3) is 3.77. The molecule has 1 atom stereocenters. The van der Waals surface area contributed by atoms with Gasteiger partial charge in [-0.3, -0.25) is 9.69 Å². The van der Waals surface area contributed by atoms with Crippen LogP contribution < -0.4 is 4.74 Å². The van der Waals surface area contributed by atoms with E-state index in [9.17, 15) is 9.59 Å². The highest BCUT2D eigenvalue weighted by molar-refractivity contribution is 6.12. The Morgan fingerprint density at radius 3 is 2.70 bits per heavy atom. The fourth-order valence-corrected chi connectivity index (χ4v) is 4.13. The summed E-state index contributed by atoms with van der Waals surface area (Å²) in [6.45, 7) is 2.73. The van der Waals surface area contributed by atoms with Gasteiger partial charge in [-0.2, -0.15) is 0 Å². The van der Waals surface area contributed by atoms with Gasteiger partial charge >= 0.3 is 6.09 Å². The molecule has 30 heavy (non-hydrogen) atoms. The molecule has 1 fully saturated rings. The van der Waals surface area contributed by atoms with Crippen LogP contribution in [-0.2, 0) is 17.8 Å². The Bertz CT molecular complexity index is 1060. The summed E-state index contributed by atoms with van der Waals surface area (Å²) in [7, 11) is 1.61. The number of rotatable bonds is 6. The molecule has 0 aliphatic carbocycles. The minimum Gasteiger partial charge on any atom is -0.497 e. The lowest BCUT2D eigenvalue weighted by molar-refractivity contribution is 0.0738. The number of benzene rings is 2. The first kappa shape index (κ1) is 20.0. The second-order valence-electron chi connectivity index (χ2n) is 7.50. The van der Waals surface area contributed by atoms with E-state index < -0.39 is 12.1 Å². The van der Waals surface area contributed by atoms with Crippen molar-refractivity contribution >= 4 is 22.8 Å². The number of carbonyl (C=O) groups excluding carboxylic acids is 2. The van der Waals surface area contributed by atoms with Crippen molar-refractivity contribution in [3.8, 4) is 5.75 Å². The van der Waals surface area contributed by atoms with Crippen LogP contribution >= 0.6 is 0 Å². The average Bonchev–Trinajstić information content (AvgIpc) is 3.42. The lowest BCUT2D eigenvalue weighted by Gasteiger charge is -2.23. The van der Waals surface area contributed by atoms with Gasteiger partial charge in [0, 0.05) is 28.7 Å². The summed E-state index contributed by atoms with van der Waals surface area (Å²) >= 11 is 0. The lowest BCUT2D eigenvalue weighted by Crippen LogP contribution is -2.41. The number of hydrogen-bond acceptors (Lipinski definition) is 4. The van der Waals surface area contributed by atoms with E-state index in [1.807, 2.05) is 55.5 Å². The molecular formula is C24H26N2O4. The molecule has 1 N–H and O–H groups in total. The van der Waals surface area contributed by atoms with Crippen molar-refractivity contribution in [2.45, 2.75) is 38.8 Å². The molecular weight excluding hydrogens is 380 g/mol. The van der Waals surface area contributed by atoms with Gasteiger partial charge in [-0.05, 0) is 43.0 Å². The van der Waals surface area contributed by atoms with Crippen molar-refractivity contribution in [3.63, 3.8) is 0 Å². The molecule has 2 aromatic carbocycles. The third-order valence-electron chi connectivity index (χ3n) is 5.68. The number of nitrogens with one attached hydrogen (secondary N) is 1. The molecule has 6 heteroatoms. The zero-order valence-corrected chi connectivity index (χ0v) is 17.3. The van der Waals surface area contributed by atoms with Gasteiger partial charge in [0.1, 0.15) is 12.4 Å². The minimum absolute atomic E-state index is 0.0412. The van der Waals surface area contributed by atoms with Crippen LogP contribution in [-0.4, -0.2) is 41.5 Å². The van der Waals surface area contributed by atoms with Crippen LogP contribution in [0.2, 0.25) is 0 Å². The molecule has 1 saturated heterocycles. The number of methoxy groups -OCH3 is 1. The van der Waals surface area contributed by atoms with E-state index in [0.717, 1.165) is 28.6 Å². The predicted molar refractivity (Wildman–Crippen MR) is 115 cm³/mol. The zero-order chi connectivity index (χ0) is 21.1. The number of fused-ring (bicyclic) bond motifs is 1. The SMILES string of the molecule is CCc1[nH]c2ccc(OC)cc2c1C(=O)[C@H]1CCCN1C(=O)OCc1ccccc1. The molecule has 4 rings (SSSR count). The maximum absolute atomic E-state index is 13.6. The highest BCUT2D eigenvalue weighted by atomic mass is 16.6. The molecule has 1 aromatic heterocycles. The van der Waals surface area contributed by atoms with Crippen LogP contribution in [0.15, 0.2) is 48.5 Å². The molecule has 1 aliphatic rings. The number of nitrogens with zero attached hydrogens (tertiary/aromatic N) is 1. The Morgan fingerprint density at radius 2 is 1.97 bits per heavy atom. The second kappa shape index (κ2) is 8.61. The third-order valence-corrected chi connectivity index (χ3v) is 5.68. The quantitative estimate of drug-likeness (QED) is 0.601. The van der Waals surface area contributed by atoms with Crippen molar-refractivity contribution in [1.29, 1.82) is 0 Å². The number of ether oxygens (including phenoxy) is 2. The highest BCUT2D eigenvalue weighted by Crippen LogP contribution is 2.31. The largest absolute Gasteiger partial charge is 0.497 e. The molecule has 156 valence electrons. The van der Waals surface area contributed by atoms with Gasteiger partial charge < -0.3 is 14.5 Å². The Kier molecular flexibility index (Phi) is 5.74. The number of aryl methyl sites for hydroxylation is 1. The van der Waals surface area contributed by atoms with Crippen molar-refractivity contribution < 1.29 is 19.1 Å². The van der Waals surface area contributed by atoms with Gasteiger partial charge in [0.05, 0.1) is 13.2 Å². The fraction of sp³-hybridized carbons (Fsp3) is 0.333. The number of amides is 1. The van der Waals surface area contributed by atoms with Crippen LogP contribution in [0.3, 0.4) is 0 Å². The monoisotopic (exact) mass is 406 g/mol. The van der Waals surface area contributed by atoms with Gasteiger partial charge in [0.15, 0.2) is 5.78 Å². The summed E-state index contributed by atoms with van der Waals surface area (Å²) in [5.41, 5.74) is 3.35. The van der Waals surface area contributed by atoms with Gasteiger partial charge in [-0.25, -0.2) is 4.79 Å². The Labute approximate surface area is 175 Å². The summed E-state index contributed by atoms with van der Waals surface area (Å²) < 4.78 is 10.8. The van der Waals surface area contributed by atoms with Crippen molar-refractivity contribution in [3.05, 3.63) is 65.4 Å². The van der Waals surface area contributed by atoms with Crippen LogP contribution in [0.25, 0.3) is 10.9 Å². The number of Topliss-reactive ketones (excluding diaryl/α,β-unsaturated/α-hetero) is 1. The van der Waals surface area contributed by atoms with Crippen LogP contribution in [0.5, 0.6) is 5.75 Å². The molecule has 0 spiro atoms. The number of aromatic nitrogens is 1. The number of aromatic amines is 1. The lowest BCUT2D eigenvalue weighted by atomic mass is 9.98. The topological polar surface area (TPSA) is 71.6 Å². The molecule has 0 unspecified atom stereocenters. The molecule has 1 amide bonds. The summed E-state index contributed by atoms with van der Waals surface area (Å²) in [5.74, 6) is 0.657. The van der Waals surface area contributed by atoms with Crippen molar-refractivity contribution in [2.24, 2.45) is 0 Å². The Hall–Kier alpha value is -3.28. The van der Waals surface area contributed by atoms with E-state index in [0.29, 0.717) is 30.7 Å². The summed E-state index contributed by atoms with van der Waals surface area (Å²) in [6, 6.07) is 14.7. The van der Waals surface area contributed by atoms with Gasteiger partial charge in [0.2, 0.25) is 0 Å². The average molecular weight is 406 g/mol. The second-order valence-corrected chi connectivity index (χ2v) is 7.50. The first-order valence-electron chi connectivity index (χ1n) is 10.3. The van der Waals surface area contributed by atoms with Crippen LogP contribution in [0, 0.1) is 0 Å². The number of H-pyrrole nitrogens is 1. The Balaban J connectivity index is 1.58. The molecule has 2 heterocycles. The van der Waals surface area contributed by atoms with Gasteiger partial charge in [0.25, 0.3) is 0 Å². The zero-order valence-electron chi connectivity index (χ0n) is 17.3. The molecule has 3 aromatic rings. The number of carbonyl (C=O) groups is 2. The van der Waals surface area contributed by atoms with Crippen molar-refractivity contribution in [1.82, 2.24) is 9.88 Å². The fourth-order valence-electron chi connectivity index (χ4n) is 4.13. The van der Waals surface area contributed by atoms with Crippen LogP contribution in [0.1, 0.15) is 41.4 Å². The number of ketones is 1. The molecule has 0 saturated carbocycles. The molecule has 6 nitrogen and oxygen atoms in total. The highest BCUT2D eigenvalue weighted by Gasteiger charge is 2.37. The van der Waals surface area contributed by atoms with Crippen molar-refractivity contribution in [2.75, 3.05) is 13.7 Å². The van der Waals surface area contributed by atoms with E-state index in [2.05, 4.69) is 4.98 Å². The smallest absolute Gasteiger partial charge is 0.410 e. The first-order chi connectivity index (χ1) is 14.6. The molecule has 0 bridgehead atoms. The van der Waals surface area contributed by atoms with E-state index in [1.54, 1.807) is 12.0 Å².